The lowest BCUT2D eigenvalue weighted by Crippen LogP contribution is -2.65. The van der Waals surface area contributed by atoms with E-state index >= 15 is 0 Å². The number of rotatable bonds is 6. The van der Waals surface area contributed by atoms with Crippen molar-refractivity contribution in [3.63, 3.8) is 0 Å². The summed E-state index contributed by atoms with van der Waals surface area (Å²) in [7, 11) is 3.14. The van der Waals surface area contributed by atoms with Gasteiger partial charge in [0.2, 0.25) is 5.78 Å². The molecule has 0 aliphatic heterocycles. The molecule has 1 aromatic rings. The number of ketones is 2. The minimum atomic E-state index is -2.64. The first-order chi connectivity index (χ1) is 16.9. The molecule has 10 nitrogen and oxygen atoms in total. The molecule has 1 amide bonds. The van der Waals surface area contributed by atoms with Gasteiger partial charge in [-0.05, 0) is 56.8 Å². The number of aromatic hydroxyl groups is 1. The molecule has 4 atom stereocenters. The SMILES string of the molecule is CCCCc1cc(CN)c(O)c2c1C[C@H]1C[C@H]3[C@H](N(C)C)C(=O)C(C(N)=O)=C(O)[C@@]3(O)C(=O)C1=C2O. The third-order valence-corrected chi connectivity index (χ3v) is 7.91. The number of hydrogen-bond donors (Lipinski definition) is 6. The largest absolute Gasteiger partial charge is 0.508 e. The Labute approximate surface area is 208 Å². The zero-order valence-corrected chi connectivity index (χ0v) is 20.7. The van der Waals surface area contributed by atoms with Crippen molar-refractivity contribution < 1.29 is 34.8 Å². The van der Waals surface area contributed by atoms with Crippen molar-refractivity contribution >= 4 is 23.2 Å². The summed E-state index contributed by atoms with van der Waals surface area (Å²) >= 11 is 0. The van der Waals surface area contributed by atoms with Crippen LogP contribution in [0.1, 0.15) is 48.4 Å². The fourth-order valence-corrected chi connectivity index (χ4v) is 6.20. The van der Waals surface area contributed by atoms with Gasteiger partial charge in [-0.25, -0.2) is 0 Å². The number of primary amides is 1. The molecular weight excluding hydrogens is 466 g/mol. The van der Waals surface area contributed by atoms with E-state index < -0.39 is 58.0 Å². The number of hydrogen-bond acceptors (Lipinski definition) is 9. The molecule has 3 aliphatic rings. The van der Waals surface area contributed by atoms with Gasteiger partial charge in [0, 0.05) is 23.6 Å². The minimum absolute atomic E-state index is 0.0162. The number of fused-ring (bicyclic) bond motifs is 3. The average molecular weight is 500 g/mol. The van der Waals surface area contributed by atoms with Gasteiger partial charge < -0.3 is 31.9 Å². The smallest absolute Gasteiger partial charge is 0.255 e. The molecule has 194 valence electrons. The van der Waals surface area contributed by atoms with Crippen LogP contribution in [0.5, 0.6) is 5.75 Å². The van der Waals surface area contributed by atoms with E-state index in [0.29, 0.717) is 17.5 Å². The van der Waals surface area contributed by atoms with Crippen molar-refractivity contribution in [3.05, 3.63) is 45.2 Å². The summed E-state index contributed by atoms with van der Waals surface area (Å²) in [4.78, 5) is 40.5. The number of unbranched alkanes of at least 4 members (excludes halogenated alkanes) is 1. The molecule has 0 heterocycles. The van der Waals surface area contributed by atoms with Crippen LogP contribution < -0.4 is 11.5 Å². The fourth-order valence-electron chi connectivity index (χ4n) is 6.20. The van der Waals surface area contributed by atoms with Crippen molar-refractivity contribution in [1.82, 2.24) is 4.90 Å². The van der Waals surface area contributed by atoms with Crippen LogP contribution in [-0.4, -0.2) is 68.5 Å². The quantitative estimate of drug-likeness (QED) is 0.307. The molecule has 8 N–H and O–H groups in total. The summed E-state index contributed by atoms with van der Waals surface area (Å²) in [5.41, 5.74) is 9.66. The minimum Gasteiger partial charge on any atom is -0.508 e. The highest BCUT2D eigenvalue weighted by Crippen LogP contribution is 2.53. The number of Topliss-reactive ketones (excluding diaryl/α,β-unsaturated/α-hetero) is 2. The monoisotopic (exact) mass is 499 g/mol. The summed E-state index contributed by atoms with van der Waals surface area (Å²) in [6.45, 7) is 2.07. The lowest BCUT2D eigenvalue weighted by Gasteiger charge is -2.50. The van der Waals surface area contributed by atoms with E-state index in [0.717, 1.165) is 18.4 Å². The number of nitrogens with zero attached hydrogens (tertiary/aromatic N) is 1. The van der Waals surface area contributed by atoms with E-state index in [1.54, 1.807) is 14.1 Å². The highest BCUT2D eigenvalue weighted by Gasteiger charge is 2.64. The van der Waals surface area contributed by atoms with Crippen LogP contribution in [0.2, 0.25) is 0 Å². The Bertz CT molecular complexity index is 1230. The van der Waals surface area contributed by atoms with Crippen LogP contribution in [0.4, 0.5) is 0 Å². The summed E-state index contributed by atoms with van der Waals surface area (Å²) < 4.78 is 0. The van der Waals surface area contributed by atoms with Gasteiger partial charge in [-0.2, -0.15) is 0 Å². The fraction of sp³-hybridized carbons (Fsp3) is 0.500. The van der Waals surface area contributed by atoms with Crippen molar-refractivity contribution in [2.75, 3.05) is 14.1 Å². The molecule has 1 saturated carbocycles. The molecule has 36 heavy (non-hydrogen) atoms. The van der Waals surface area contributed by atoms with Crippen molar-refractivity contribution in [3.8, 4) is 5.75 Å². The zero-order valence-electron chi connectivity index (χ0n) is 20.7. The molecule has 1 aromatic carbocycles. The number of likely N-dealkylation sites (N-methyl/N-ethyl adjacent to an activating group) is 1. The Morgan fingerprint density at radius 2 is 1.86 bits per heavy atom. The van der Waals surface area contributed by atoms with E-state index in [1.807, 2.05) is 6.07 Å². The Morgan fingerprint density at radius 3 is 2.42 bits per heavy atom. The molecule has 0 spiro atoms. The highest BCUT2D eigenvalue weighted by atomic mass is 16.3. The van der Waals surface area contributed by atoms with Gasteiger partial charge in [-0.1, -0.05) is 19.4 Å². The molecule has 0 saturated heterocycles. The number of phenolic OH excluding ortho intramolecular Hbond substituents is 1. The van der Waals surface area contributed by atoms with Crippen LogP contribution >= 0.6 is 0 Å². The summed E-state index contributed by atoms with van der Waals surface area (Å²) in [6, 6.07) is 0.721. The first-order valence-corrected chi connectivity index (χ1v) is 12.1. The normalized spacial score (nSPS) is 27.8. The number of amides is 1. The first kappa shape index (κ1) is 25.9. The van der Waals surface area contributed by atoms with E-state index in [4.69, 9.17) is 11.5 Å². The third kappa shape index (κ3) is 3.47. The molecule has 10 heteroatoms. The predicted molar refractivity (Wildman–Crippen MR) is 131 cm³/mol. The molecular formula is C26H33N3O7. The average Bonchev–Trinajstić information content (AvgIpc) is 2.80. The Morgan fingerprint density at radius 1 is 1.19 bits per heavy atom. The lowest BCUT2D eigenvalue weighted by atomic mass is 9.57. The van der Waals surface area contributed by atoms with Crippen molar-refractivity contribution in [2.45, 2.75) is 57.2 Å². The second kappa shape index (κ2) is 9.02. The standard InChI is InChI=1S/C26H33N3O7/c1-4-5-6-11-7-13(10-27)20(30)17-14(11)8-12-9-15-19(29(2)3)22(32)18(25(28)35)24(34)26(15,36)23(33)16(12)21(17)31/h7,12,15,19,30-31,34,36H,4-6,8-10,27H2,1-3H3,(H2,28,35)/t12-,15-,19-,26-/m0/s1. The second-order valence-corrected chi connectivity index (χ2v) is 10.2. The third-order valence-electron chi connectivity index (χ3n) is 7.91. The zero-order chi connectivity index (χ0) is 26.7. The highest BCUT2D eigenvalue weighted by molar-refractivity contribution is 6.24. The maximum absolute atomic E-state index is 13.9. The Hall–Kier alpha value is -3.21. The number of carbonyl (C=O) groups is 3. The van der Waals surface area contributed by atoms with Gasteiger partial charge in [0.05, 0.1) is 11.6 Å². The predicted octanol–water partition coefficient (Wildman–Crippen LogP) is 0.765. The van der Waals surface area contributed by atoms with Gasteiger partial charge in [-0.3, -0.25) is 19.3 Å². The summed E-state index contributed by atoms with van der Waals surface area (Å²) in [6.07, 6.45) is 2.84. The number of aliphatic hydroxyl groups is 3. The molecule has 0 aromatic heterocycles. The van der Waals surface area contributed by atoms with Gasteiger partial charge in [0.15, 0.2) is 11.4 Å². The summed E-state index contributed by atoms with van der Waals surface area (Å²) in [5.74, 6) is -6.54. The topological polar surface area (TPSA) is 187 Å². The van der Waals surface area contributed by atoms with Crippen LogP contribution in [0, 0.1) is 11.8 Å². The first-order valence-electron chi connectivity index (χ1n) is 12.1. The van der Waals surface area contributed by atoms with Gasteiger partial charge >= 0.3 is 0 Å². The number of benzene rings is 1. The van der Waals surface area contributed by atoms with Crippen LogP contribution in [0.15, 0.2) is 23.0 Å². The maximum atomic E-state index is 13.9. The lowest BCUT2D eigenvalue weighted by molar-refractivity contribution is -0.153. The molecule has 3 aliphatic carbocycles. The van der Waals surface area contributed by atoms with Gasteiger partial charge in [0.1, 0.15) is 22.8 Å². The molecule has 0 radical (unpaired) electrons. The summed E-state index contributed by atoms with van der Waals surface area (Å²) in [5, 5.41) is 44.8. The maximum Gasteiger partial charge on any atom is 0.255 e. The van der Waals surface area contributed by atoms with E-state index in [9.17, 15) is 34.8 Å². The van der Waals surface area contributed by atoms with Crippen LogP contribution in [-0.2, 0) is 33.8 Å². The molecule has 4 rings (SSSR count). The molecule has 0 unspecified atom stereocenters. The molecule has 1 fully saturated rings. The Balaban J connectivity index is 1.97. The van der Waals surface area contributed by atoms with E-state index in [-0.39, 0.29) is 36.3 Å². The van der Waals surface area contributed by atoms with Gasteiger partial charge in [-0.15, -0.1) is 0 Å². The number of phenols is 1. The number of carbonyl (C=O) groups excluding carboxylic acids is 3. The molecule has 0 bridgehead atoms. The van der Waals surface area contributed by atoms with Crippen LogP contribution in [0.25, 0.3) is 5.76 Å². The van der Waals surface area contributed by atoms with Crippen molar-refractivity contribution in [1.29, 1.82) is 0 Å². The van der Waals surface area contributed by atoms with E-state index in [2.05, 4.69) is 6.92 Å². The number of aryl methyl sites for hydroxylation is 1. The number of aliphatic hydroxyl groups excluding tert-OH is 2. The van der Waals surface area contributed by atoms with Crippen LogP contribution in [0.3, 0.4) is 0 Å². The van der Waals surface area contributed by atoms with Gasteiger partial charge in [0.25, 0.3) is 5.91 Å². The number of nitrogens with two attached hydrogens (primary N) is 2. The van der Waals surface area contributed by atoms with Crippen molar-refractivity contribution in [2.24, 2.45) is 23.3 Å². The Kier molecular flexibility index (Phi) is 6.48. The van der Waals surface area contributed by atoms with E-state index in [1.165, 1.54) is 4.90 Å². The second-order valence-electron chi connectivity index (χ2n) is 10.2.